The van der Waals surface area contributed by atoms with Crippen molar-refractivity contribution in [3.05, 3.63) is 42.2 Å². The number of guanidine groups is 1. The summed E-state index contributed by atoms with van der Waals surface area (Å²) < 4.78 is 20.6. The van der Waals surface area contributed by atoms with Gasteiger partial charge in [-0.1, -0.05) is 6.07 Å². The van der Waals surface area contributed by atoms with E-state index in [9.17, 15) is 4.39 Å². The first-order chi connectivity index (χ1) is 11.5. The third-order valence-corrected chi connectivity index (χ3v) is 3.44. The minimum atomic E-state index is -0.313. The van der Waals surface area contributed by atoms with Gasteiger partial charge >= 0.3 is 0 Å². The molecule has 130 valence electrons. The van der Waals surface area contributed by atoms with E-state index in [1.165, 1.54) is 18.5 Å². The second kappa shape index (κ2) is 8.28. The van der Waals surface area contributed by atoms with Crippen LogP contribution in [0, 0.1) is 5.82 Å². The molecule has 0 aliphatic carbocycles. The number of nitrogens with zero attached hydrogens (tertiary/aromatic N) is 5. The van der Waals surface area contributed by atoms with Crippen molar-refractivity contribution in [2.24, 2.45) is 12.0 Å². The summed E-state index contributed by atoms with van der Waals surface area (Å²) in [6.07, 6.45) is 1.38. The smallest absolute Gasteiger partial charge is 0.193 e. The number of benzene rings is 1. The molecular weight excluding hydrogens is 311 g/mol. The summed E-state index contributed by atoms with van der Waals surface area (Å²) in [5, 5.41) is 7.29. The molecule has 0 fully saturated rings. The average molecular weight is 334 g/mol. The number of hydrogen-bond donors (Lipinski definition) is 1. The molecule has 1 N–H and O–H groups in total. The van der Waals surface area contributed by atoms with Crippen LogP contribution in [0.3, 0.4) is 0 Å². The minimum Gasteiger partial charge on any atom is -0.489 e. The summed E-state index contributed by atoms with van der Waals surface area (Å²) in [5.41, 5.74) is 0. The number of rotatable bonds is 6. The van der Waals surface area contributed by atoms with Crippen molar-refractivity contribution in [1.82, 2.24) is 25.0 Å². The van der Waals surface area contributed by atoms with Gasteiger partial charge in [0.05, 0.1) is 13.1 Å². The van der Waals surface area contributed by atoms with E-state index in [0.717, 1.165) is 5.82 Å². The molecule has 2 aromatic rings. The van der Waals surface area contributed by atoms with Gasteiger partial charge in [0.2, 0.25) is 0 Å². The van der Waals surface area contributed by atoms with Crippen LogP contribution in [0.1, 0.15) is 12.7 Å². The van der Waals surface area contributed by atoms with Crippen molar-refractivity contribution in [2.75, 3.05) is 20.6 Å². The molecule has 0 saturated carbocycles. The molecule has 0 aliphatic rings. The van der Waals surface area contributed by atoms with Gasteiger partial charge in [-0.2, -0.15) is 5.10 Å². The highest BCUT2D eigenvalue weighted by Crippen LogP contribution is 2.13. The molecule has 0 spiro atoms. The first-order valence-corrected chi connectivity index (χ1v) is 7.66. The SMILES string of the molecule is CN=C(NCC(C)Oc1cccc(F)c1)N(C)Cc1ncnn1C. The monoisotopic (exact) mass is 334 g/mol. The highest BCUT2D eigenvalue weighted by molar-refractivity contribution is 5.79. The highest BCUT2D eigenvalue weighted by Gasteiger charge is 2.12. The minimum absolute atomic E-state index is 0.147. The number of nitrogens with one attached hydrogen (secondary N) is 1. The second-order valence-electron chi connectivity index (χ2n) is 5.47. The third kappa shape index (κ3) is 4.94. The van der Waals surface area contributed by atoms with Crippen LogP contribution >= 0.6 is 0 Å². The van der Waals surface area contributed by atoms with Crippen molar-refractivity contribution in [1.29, 1.82) is 0 Å². The Kier molecular flexibility index (Phi) is 6.11. The van der Waals surface area contributed by atoms with Crippen molar-refractivity contribution >= 4 is 5.96 Å². The molecule has 1 aromatic carbocycles. The maximum Gasteiger partial charge on any atom is 0.193 e. The lowest BCUT2D eigenvalue weighted by Crippen LogP contribution is -2.42. The Bertz CT molecular complexity index is 687. The van der Waals surface area contributed by atoms with E-state index >= 15 is 0 Å². The van der Waals surface area contributed by atoms with E-state index in [-0.39, 0.29) is 11.9 Å². The molecule has 2 rings (SSSR count). The van der Waals surface area contributed by atoms with Crippen molar-refractivity contribution < 1.29 is 9.13 Å². The van der Waals surface area contributed by atoms with E-state index in [1.807, 2.05) is 25.9 Å². The van der Waals surface area contributed by atoms with Crippen LogP contribution < -0.4 is 10.1 Å². The summed E-state index contributed by atoms with van der Waals surface area (Å²) in [6, 6.07) is 6.11. The Hall–Kier alpha value is -2.64. The van der Waals surface area contributed by atoms with Crippen molar-refractivity contribution in [3.8, 4) is 5.75 Å². The van der Waals surface area contributed by atoms with Crippen LogP contribution in [0.15, 0.2) is 35.6 Å². The lowest BCUT2D eigenvalue weighted by atomic mass is 10.3. The number of ether oxygens (including phenoxy) is 1. The molecule has 1 atom stereocenters. The first-order valence-electron chi connectivity index (χ1n) is 7.66. The van der Waals surface area contributed by atoms with Gasteiger partial charge in [0.1, 0.15) is 29.8 Å². The molecule has 0 amide bonds. The lowest BCUT2D eigenvalue weighted by Gasteiger charge is -2.23. The predicted molar refractivity (Wildman–Crippen MR) is 90.3 cm³/mol. The highest BCUT2D eigenvalue weighted by atomic mass is 19.1. The van der Waals surface area contributed by atoms with Crippen LogP contribution in [0.5, 0.6) is 5.75 Å². The van der Waals surface area contributed by atoms with Gasteiger partial charge in [-0.25, -0.2) is 9.37 Å². The molecule has 24 heavy (non-hydrogen) atoms. The van der Waals surface area contributed by atoms with E-state index in [4.69, 9.17) is 4.74 Å². The molecule has 0 bridgehead atoms. The Morgan fingerprint density at radius 3 is 2.92 bits per heavy atom. The maximum absolute atomic E-state index is 13.2. The fraction of sp³-hybridized carbons (Fsp3) is 0.438. The van der Waals surface area contributed by atoms with Crippen LogP contribution in [-0.4, -0.2) is 52.4 Å². The van der Waals surface area contributed by atoms with Gasteiger partial charge in [-0.3, -0.25) is 9.67 Å². The Morgan fingerprint density at radius 2 is 2.29 bits per heavy atom. The lowest BCUT2D eigenvalue weighted by molar-refractivity contribution is 0.221. The zero-order chi connectivity index (χ0) is 17.5. The number of hydrogen-bond acceptors (Lipinski definition) is 4. The Balaban J connectivity index is 1.85. The number of aryl methyl sites for hydroxylation is 1. The summed E-state index contributed by atoms with van der Waals surface area (Å²) in [6.45, 7) is 3.02. The van der Waals surface area contributed by atoms with Crippen LogP contribution in [0.2, 0.25) is 0 Å². The maximum atomic E-state index is 13.2. The average Bonchev–Trinajstić information content (AvgIpc) is 2.93. The molecule has 7 nitrogen and oxygen atoms in total. The van der Waals surface area contributed by atoms with E-state index < -0.39 is 0 Å². The molecule has 0 aliphatic heterocycles. The third-order valence-electron chi connectivity index (χ3n) is 3.44. The normalized spacial score (nSPS) is 12.8. The largest absolute Gasteiger partial charge is 0.489 e. The van der Waals surface area contributed by atoms with Gasteiger partial charge in [0.15, 0.2) is 5.96 Å². The summed E-state index contributed by atoms with van der Waals surface area (Å²) in [5.74, 6) is 1.75. The fourth-order valence-corrected chi connectivity index (χ4v) is 2.18. The first kappa shape index (κ1) is 17.7. The van der Waals surface area contributed by atoms with E-state index in [2.05, 4.69) is 20.4 Å². The molecule has 1 heterocycles. The zero-order valence-corrected chi connectivity index (χ0v) is 14.4. The Morgan fingerprint density at radius 1 is 1.50 bits per heavy atom. The molecule has 0 saturated heterocycles. The van der Waals surface area contributed by atoms with Gasteiger partial charge < -0.3 is 15.0 Å². The number of halogens is 1. The van der Waals surface area contributed by atoms with Gasteiger partial charge in [0, 0.05) is 27.2 Å². The molecular formula is C16H23FN6O. The molecule has 0 radical (unpaired) electrons. The topological polar surface area (TPSA) is 67.6 Å². The quantitative estimate of drug-likeness (QED) is 0.639. The molecule has 1 aromatic heterocycles. The van der Waals surface area contributed by atoms with Gasteiger partial charge in [-0.15, -0.1) is 0 Å². The standard InChI is InChI=1S/C16H23FN6O/c1-12(24-14-7-5-6-13(17)8-14)9-19-16(18-2)22(3)10-15-20-11-21-23(15)4/h5-8,11-12H,9-10H2,1-4H3,(H,18,19). The fourth-order valence-electron chi connectivity index (χ4n) is 2.18. The van der Waals surface area contributed by atoms with E-state index in [1.54, 1.807) is 23.9 Å². The summed E-state index contributed by atoms with van der Waals surface area (Å²) in [7, 11) is 5.48. The second-order valence-corrected chi connectivity index (χ2v) is 5.47. The molecule has 8 heteroatoms. The summed E-state index contributed by atoms with van der Waals surface area (Å²) >= 11 is 0. The van der Waals surface area contributed by atoms with Crippen LogP contribution in [0.25, 0.3) is 0 Å². The molecule has 1 unspecified atom stereocenters. The van der Waals surface area contributed by atoms with Crippen LogP contribution in [0.4, 0.5) is 4.39 Å². The van der Waals surface area contributed by atoms with Crippen LogP contribution in [-0.2, 0) is 13.6 Å². The number of aliphatic imine (C=N–C) groups is 1. The number of aromatic nitrogens is 3. The zero-order valence-electron chi connectivity index (χ0n) is 14.4. The van der Waals surface area contributed by atoms with Crippen molar-refractivity contribution in [3.63, 3.8) is 0 Å². The Labute approximate surface area is 141 Å². The predicted octanol–water partition coefficient (Wildman–Crippen LogP) is 1.43. The van der Waals surface area contributed by atoms with Gasteiger partial charge in [-0.05, 0) is 19.1 Å². The van der Waals surface area contributed by atoms with Gasteiger partial charge in [0.25, 0.3) is 0 Å². The summed E-state index contributed by atoms with van der Waals surface area (Å²) in [4.78, 5) is 10.4. The van der Waals surface area contributed by atoms with Crippen molar-refractivity contribution in [2.45, 2.75) is 19.6 Å². The van der Waals surface area contributed by atoms with E-state index in [0.29, 0.717) is 24.8 Å².